The second kappa shape index (κ2) is 15.9. The maximum Gasteiger partial charge on any atom is 0.408 e. The highest BCUT2D eigenvalue weighted by Crippen LogP contribution is 2.45. The molecule has 5 unspecified atom stereocenters. The monoisotopic (exact) mass is 804 g/mol. The van der Waals surface area contributed by atoms with E-state index < -0.39 is 64.4 Å². The minimum Gasteiger partial charge on any atom is -0.497 e. The van der Waals surface area contributed by atoms with Crippen molar-refractivity contribution in [2.75, 3.05) is 19.0 Å². The summed E-state index contributed by atoms with van der Waals surface area (Å²) >= 11 is 1.25. The first-order valence-corrected chi connectivity index (χ1v) is 20.1. The molecule has 2 aliphatic carbocycles. The first-order chi connectivity index (χ1) is 26.8. The van der Waals surface area contributed by atoms with Crippen molar-refractivity contribution < 1.29 is 43.3 Å². The molecular formula is C41H52N6O9S. The summed E-state index contributed by atoms with van der Waals surface area (Å²) in [6.07, 6.45) is 3.41. The van der Waals surface area contributed by atoms with Gasteiger partial charge in [-0.15, -0.1) is 17.9 Å². The summed E-state index contributed by atoms with van der Waals surface area (Å²) in [5.41, 5.74) is -1.50. The Bertz CT molecular complexity index is 2070. The molecule has 5 atom stereocenters. The number of pyridine rings is 1. The van der Waals surface area contributed by atoms with E-state index in [2.05, 4.69) is 27.5 Å². The number of methoxy groups -OCH3 is 1. The molecule has 1 saturated heterocycles. The highest BCUT2D eigenvalue weighted by atomic mass is 32.1. The Hall–Kier alpha value is -5.25. The van der Waals surface area contributed by atoms with E-state index in [1.807, 2.05) is 20.8 Å². The molecule has 3 heterocycles. The van der Waals surface area contributed by atoms with Crippen LogP contribution in [0.2, 0.25) is 0 Å². The van der Waals surface area contributed by atoms with Gasteiger partial charge in [0, 0.05) is 40.7 Å². The minimum absolute atomic E-state index is 0.0183. The zero-order valence-electron chi connectivity index (χ0n) is 33.5. The molecule has 1 aliphatic heterocycles. The van der Waals surface area contributed by atoms with Crippen LogP contribution in [-0.4, -0.2) is 93.2 Å². The number of fused-ring (bicyclic) bond motifs is 1. The maximum absolute atomic E-state index is 14.6. The summed E-state index contributed by atoms with van der Waals surface area (Å²) in [7, 11) is 1.55. The van der Waals surface area contributed by atoms with Gasteiger partial charge in [-0.05, 0) is 49.7 Å². The third kappa shape index (κ3) is 9.00. The van der Waals surface area contributed by atoms with Crippen LogP contribution in [0.5, 0.6) is 11.5 Å². The van der Waals surface area contributed by atoms with Crippen LogP contribution in [0.4, 0.5) is 9.93 Å². The molecule has 1 aromatic carbocycles. The van der Waals surface area contributed by atoms with E-state index in [1.165, 1.54) is 22.3 Å². The largest absolute Gasteiger partial charge is 0.497 e. The number of nitrogens with zero attached hydrogens (tertiary/aromatic N) is 3. The highest BCUT2D eigenvalue weighted by Gasteiger charge is 2.61. The molecule has 2 aromatic heterocycles. The summed E-state index contributed by atoms with van der Waals surface area (Å²) in [6, 6.07) is 4.81. The van der Waals surface area contributed by atoms with Gasteiger partial charge in [-0.2, -0.15) is 0 Å². The Morgan fingerprint density at radius 1 is 1.04 bits per heavy atom. The number of carbonyl (C=O) groups is 5. The number of carbonyl (C=O) groups excluding carboxylic acids is 4. The van der Waals surface area contributed by atoms with Gasteiger partial charge in [0.05, 0.1) is 24.9 Å². The van der Waals surface area contributed by atoms with Crippen molar-refractivity contribution in [1.29, 1.82) is 0 Å². The number of carboxylic acids is 1. The lowest BCUT2D eigenvalue weighted by atomic mass is 9.85. The molecule has 4 amide bonds. The fourth-order valence-corrected chi connectivity index (χ4v) is 7.96. The van der Waals surface area contributed by atoms with Gasteiger partial charge in [0.2, 0.25) is 17.7 Å². The fraction of sp³-hybridized carbons (Fsp3) is 0.537. The zero-order valence-corrected chi connectivity index (χ0v) is 34.3. The number of nitrogens with one attached hydrogen (secondary N) is 3. The number of hydrogen-bond acceptors (Lipinski definition) is 11. The van der Waals surface area contributed by atoms with Gasteiger partial charge < -0.3 is 40.2 Å². The maximum atomic E-state index is 14.6. The molecule has 3 fully saturated rings. The van der Waals surface area contributed by atoms with Gasteiger partial charge in [-0.25, -0.2) is 19.6 Å². The van der Waals surface area contributed by atoms with Crippen molar-refractivity contribution in [3.05, 3.63) is 42.3 Å². The summed E-state index contributed by atoms with van der Waals surface area (Å²) in [4.78, 5) is 77.7. The number of thiazole rings is 1. The van der Waals surface area contributed by atoms with Crippen LogP contribution in [0.3, 0.4) is 0 Å². The lowest BCUT2D eigenvalue weighted by Crippen LogP contribution is -2.59. The second-order valence-corrected chi connectivity index (χ2v) is 18.0. The van der Waals surface area contributed by atoms with Gasteiger partial charge in [0.25, 0.3) is 0 Å². The van der Waals surface area contributed by atoms with Gasteiger partial charge in [-0.3, -0.25) is 14.4 Å². The van der Waals surface area contributed by atoms with Crippen LogP contribution in [0.15, 0.2) is 42.3 Å². The quantitative estimate of drug-likeness (QED) is 0.158. The number of ether oxygens (including phenoxy) is 3. The van der Waals surface area contributed by atoms with Gasteiger partial charge in [-0.1, -0.05) is 47.6 Å². The SMILES string of the molecule is C=CC1CC1(NC(=O)C1CC(Oc2cc(-c3csc(NC(=O)C(C)(C)C)n3)nc3cc(OC)ccc23)CN1C(=O)C(NC(=O)OC1CCCC1)C(C)(C)C)C(=O)O. The number of anilines is 1. The van der Waals surface area contributed by atoms with Crippen molar-refractivity contribution in [3.63, 3.8) is 0 Å². The van der Waals surface area contributed by atoms with Gasteiger partial charge >= 0.3 is 12.1 Å². The zero-order chi connectivity index (χ0) is 41.4. The van der Waals surface area contributed by atoms with E-state index in [4.69, 9.17) is 19.2 Å². The molecule has 57 heavy (non-hydrogen) atoms. The van der Waals surface area contributed by atoms with E-state index >= 15 is 0 Å². The molecule has 0 bridgehead atoms. The van der Waals surface area contributed by atoms with Crippen molar-refractivity contribution >= 4 is 57.2 Å². The molecule has 16 heteroatoms. The standard InChI is InChI=1S/C41H52N6O9S/c1-9-22-19-41(22,36(51)52)46-33(48)30-17-25(20-47(30)34(49)32(39(2,3)4)44-38(53)56-23-12-10-11-13-23)55-31-18-28(42-27-16-24(54-8)14-15-26(27)31)29-21-57-37(43-29)45-35(50)40(5,6)7/h9,14-16,18,21-23,25,30,32H,1,10-13,17,19-20H2,2-8H3,(H,44,53)(H,46,48)(H,51,52)(H,43,45,50). The summed E-state index contributed by atoms with van der Waals surface area (Å²) in [5, 5.41) is 21.2. The summed E-state index contributed by atoms with van der Waals surface area (Å²) in [6.45, 7) is 14.5. The predicted octanol–water partition coefficient (Wildman–Crippen LogP) is 5.93. The van der Waals surface area contributed by atoms with E-state index in [9.17, 15) is 29.1 Å². The molecule has 3 aliphatic rings. The van der Waals surface area contributed by atoms with Crippen molar-refractivity contribution in [1.82, 2.24) is 25.5 Å². The third-order valence-electron chi connectivity index (χ3n) is 10.8. The number of benzene rings is 1. The van der Waals surface area contributed by atoms with E-state index in [0.29, 0.717) is 38.9 Å². The average Bonchev–Trinajstić information content (AvgIpc) is 3.56. The molecule has 2 saturated carbocycles. The molecule has 0 spiro atoms. The first kappa shape index (κ1) is 41.4. The smallest absolute Gasteiger partial charge is 0.408 e. The molecule has 0 radical (unpaired) electrons. The van der Waals surface area contributed by atoms with Crippen LogP contribution in [-0.2, 0) is 23.9 Å². The van der Waals surface area contributed by atoms with Crippen LogP contribution >= 0.6 is 11.3 Å². The Balaban J connectivity index is 1.32. The Labute approximate surface area is 335 Å². The Morgan fingerprint density at radius 2 is 1.75 bits per heavy atom. The minimum atomic E-state index is -1.53. The molecule has 6 rings (SSSR count). The number of carboxylic acid groups (broad SMARTS) is 1. The number of aliphatic carboxylic acids is 1. The van der Waals surface area contributed by atoms with E-state index in [-0.39, 0.29) is 31.4 Å². The lowest BCUT2D eigenvalue weighted by molar-refractivity contribution is -0.146. The number of likely N-dealkylation sites (tertiary alicyclic amines) is 1. The average molecular weight is 805 g/mol. The van der Waals surface area contributed by atoms with Crippen molar-refractivity contribution in [2.45, 2.75) is 110 Å². The van der Waals surface area contributed by atoms with Crippen molar-refractivity contribution in [3.8, 4) is 22.9 Å². The molecular weight excluding hydrogens is 753 g/mol. The van der Waals surface area contributed by atoms with Crippen LogP contribution in [0.25, 0.3) is 22.3 Å². The van der Waals surface area contributed by atoms with Crippen LogP contribution in [0, 0.1) is 16.7 Å². The van der Waals surface area contributed by atoms with Crippen LogP contribution < -0.4 is 25.4 Å². The van der Waals surface area contributed by atoms with Gasteiger partial charge in [0.15, 0.2) is 5.13 Å². The normalized spacial score (nSPS) is 22.7. The number of amides is 4. The number of hydrogen-bond donors (Lipinski definition) is 4. The highest BCUT2D eigenvalue weighted by molar-refractivity contribution is 7.14. The summed E-state index contributed by atoms with van der Waals surface area (Å²) < 4.78 is 17.8. The van der Waals surface area contributed by atoms with E-state index in [1.54, 1.807) is 57.5 Å². The molecule has 15 nitrogen and oxygen atoms in total. The van der Waals surface area contributed by atoms with E-state index in [0.717, 1.165) is 25.7 Å². The second-order valence-electron chi connectivity index (χ2n) is 17.2. The number of rotatable bonds is 12. The fourth-order valence-electron chi connectivity index (χ4n) is 7.26. The van der Waals surface area contributed by atoms with Gasteiger partial charge in [0.1, 0.15) is 47.0 Å². The molecule has 3 aromatic rings. The Kier molecular flexibility index (Phi) is 11.6. The summed E-state index contributed by atoms with van der Waals surface area (Å²) in [5.74, 6) is -2.09. The number of alkyl carbamates (subject to hydrolysis) is 1. The van der Waals surface area contributed by atoms with Crippen molar-refractivity contribution in [2.24, 2.45) is 16.7 Å². The lowest BCUT2D eigenvalue weighted by Gasteiger charge is -2.35. The molecule has 4 N–H and O–H groups in total. The topological polar surface area (TPSA) is 198 Å². The number of aromatic nitrogens is 2. The molecule has 306 valence electrons. The van der Waals surface area contributed by atoms with Crippen LogP contribution in [0.1, 0.15) is 80.1 Å². The third-order valence-corrected chi connectivity index (χ3v) is 11.5. The predicted molar refractivity (Wildman–Crippen MR) is 214 cm³/mol. The Morgan fingerprint density at radius 3 is 2.37 bits per heavy atom. The first-order valence-electron chi connectivity index (χ1n) is 19.2.